The molecule has 0 bridgehead atoms. The molecule has 8 rings (SSSR count). The maximum Gasteiger partial charge on any atom is 0.407 e. The molecule has 2 aliphatic rings. The van der Waals surface area contributed by atoms with E-state index in [9.17, 15) is 28.8 Å². The summed E-state index contributed by atoms with van der Waals surface area (Å²) in [5.74, 6) is -5.28. The number of ether oxygens (including phenoxy) is 5. The highest BCUT2D eigenvalue weighted by molar-refractivity contribution is 5.96. The number of carbonyl (C=O) groups excluding carboxylic acids is 6. The van der Waals surface area contributed by atoms with Gasteiger partial charge in [0.1, 0.15) is 36.5 Å². The van der Waals surface area contributed by atoms with Crippen molar-refractivity contribution < 1.29 is 52.5 Å². The molecule has 13 nitrogen and oxygen atoms in total. The first kappa shape index (κ1) is 47.4. The van der Waals surface area contributed by atoms with Crippen LogP contribution in [-0.4, -0.2) is 61.4 Å². The fraction of sp³-hybridized carbons (Fsp3) is 0.250. The van der Waals surface area contributed by atoms with Crippen molar-refractivity contribution in [3.63, 3.8) is 0 Å². The van der Waals surface area contributed by atoms with E-state index in [1.54, 1.807) is 76.2 Å². The topological polar surface area (TPSA) is 173 Å². The summed E-state index contributed by atoms with van der Waals surface area (Å²) in [7, 11) is 0. The minimum Gasteiger partial charge on any atom is -0.455 e. The average Bonchev–Trinajstić information content (AvgIpc) is 3.84. The van der Waals surface area contributed by atoms with Crippen molar-refractivity contribution in [2.75, 3.05) is 13.2 Å². The number of benzene rings is 6. The first-order valence-corrected chi connectivity index (χ1v) is 22.7. The number of hydrogen-bond acceptors (Lipinski definition) is 11. The van der Waals surface area contributed by atoms with Crippen molar-refractivity contribution in [2.45, 2.75) is 75.7 Å². The SMILES string of the molecule is CC(C)(OC(=O)C[C@H](NC(=O)OCC1c2ccccc2-c2ccccc21)C(=O)OC(=O)[C@H](CC(=O)OC(C)(C)c1ccccc1)NC(=O)OCC1c2ccccc2-c2ccccc21)c1ccccc1. The molecule has 2 atom stereocenters. The summed E-state index contributed by atoms with van der Waals surface area (Å²) >= 11 is 0. The van der Waals surface area contributed by atoms with E-state index < -0.39 is 72.2 Å². The number of esters is 4. The number of carbonyl (C=O) groups is 6. The van der Waals surface area contributed by atoms with Crippen LogP contribution in [0.2, 0.25) is 0 Å². The number of fused-ring (bicyclic) bond motifs is 6. The van der Waals surface area contributed by atoms with Crippen LogP contribution in [0.15, 0.2) is 158 Å². The van der Waals surface area contributed by atoms with Gasteiger partial charge >= 0.3 is 36.1 Å². The molecule has 6 aromatic carbocycles. The summed E-state index contributed by atoms with van der Waals surface area (Å²) in [5.41, 5.74) is 6.75. The molecule has 0 unspecified atom stereocenters. The Kier molecular flexibility index (Phi) is 14.0. The first-order chi connectivity index (χ1) is 33.2. The molecule has 6 aromatic rings. The van der Waals surface area contributed by atoms with Gasteiger partial charge in [0.2, 0.25) is 0 Å². The summed E-state index contributed by atoms with van der Waals surface area (Å²) in [6.07, 6.45) is -3.74. The van der Waals surface area contributed by atoms with Gasteiger partial charge < -0.3 is 34.3 Å². The Morgan fingerprint density at radius 3 is 1.04 bits per heavy atom. The van der Waals surface area contributed by atoms with E-state index in [1.165, 1.54) is 0 Å². The summed E-state index contributed by atoms with van der Waals surface area (Å²) < 4.78 is 28.3. The Labute approximate surface area is 400 Å². The van der Waals surface area contributed by atoms with Crippen LogP contribution >= 0.6 is 0 Å². The maximum absolute atomic E-state index is 14.1. The van der Waals surface area contributed by atoms with Crippen LogP contribution in [0.25, 0.3) is 22.3 Å². The van der Waals surface area contributed by atoms with Crippen molar-refractivity contribution in [2.24, 2.45) is 0 Å². The number of hydrogen-bond donors (Lipinski definition) is 2. The van der Waals surface area contributed by atoms with Gasteiger partial charge in [-0.3, -0.25) is 9.59 Å². The molecular weight excluding hydrogens is 877 g/mol. The van der Waals surface area contributed by atoms with Gasteiger partial charge in [-0.15, -0.1) is 0 Å². The molecule has 0 aromatic heterocycles. The Morgan fingerprint density at radius 1 is 0.435 bits per heavy atom. The number of nitrogens with one attached hydrogen (secondary N) is 2. The fourth-order valence-electron chi connectivity index (χ4n) is 8.98. The molecule has 0 spiro atoms. The Hall–Kier alpha value is -8.06. The minimum absolute atomic E-state index is 0.125. The maximum atomic E-state index is 14.1. The van der Waals surface area contributed by atoms with Crippen LogP contribution in [0, 0.1) is 0 Å². The van der Waals surface area contributed by atoms with E-state index in [0.29, 0.717) is 11.1 Å². The molecule has 0 saturated carbocycles. The number of rotatable bonds is 16. The zero-order valence-corrected chi connectivity index (χ0v) is 38.6. The molecule has 352 valence electrons. The normalized spacial score (nSPS) is 13.6. The lowest BCUT2D eigenvalue weighted by Gasteiger charge is -2.27. The Balaban J connectivity index is 0.997. The van der Waals surface area contributed by atoms with E-state index in [0.717, 1.165) is 44.5 Å². The monoisotopic (exact) mass is 928 g/mol. The molecule has 69 heavy (non-hydrogen) atoms. The zero-order chi connectivity index (χ0) is 48.7. The second kappa shape index (κ2) is 20.4. The lowest BCUT2D eigenvalue weighted by Crippen LogP contribution is -2.49. The predicted molar refractivity (Wildman–Crippen MR) is 255 cm³/mol. The molecule has 13 heteroatoms. The van der Waals surface area contributed by atoms with Crippen LogP contribution in [0.4, 0.5) is 9.59 Å². The molecule has 0 aliphatic heterocycles. The molecule has 2 amide bonds. The third-order valence-electron chi connectivity index (χ3n) is 12.5. The summed E-state index contributed by atoms with van der Waals surface area (Å²) in [6.45, 7) is 6.39. The van der Waals surface area contributed by atoms with Gasteiger partial charge in [-0.25, -0.2) is 19.2 Å². The molecular formula is C56H52N2O11. The lowest BCUT2D eigenvalue weighted by atomic mass is 9.98. The van der Waals surface area contributed by atoms with Crippen LogP contribution < -0.4 is 10.6 Å². The van der Waals surface area contributed by atoms with Crippen molar-refractivity contribution in [1.82, 2.24) is 10.6 Å². The van der Waals surface area contributed by atoms with Crippen molar-refractivity contribution in [3.05, 3.63) is 191 Å². The van der Waals surface area contributed by atoms with E-state index >= 15 is 0 Å². The highest BCUT2D eigenvalue weighted by atomic mass is 16.6. The van der Waals surface area contributed by atoms with Crippen LogP contribution in [-0.2, 0) is 54.1 Å². The second-order valence-corrected chi connectivity index (χ2v) is 17.9. The smallest absolute Gasteiger partial charge is 0.407 e. The van der Waals surface area contributed by atoms with Gasteiger partial charge in [-0.2, -0.15) is 0 Å². The van der Waals surface area contributed by atoms with Gasteiger partial charge in [-0.05, 0) is 83.3 Å². The van der Waals surface area contributed by atoms with Crippen LogP contribution in [0.1, 0.15) is 85.8 Å². The first-order valence-electron chi connectivity index (χ1n) is 22.7. The van der Waals surface area contributed by atoms with Gasteiger partial charge in [0.05, 0.1) is 12.8 Å². The molecule has 0 fully saturated rings. The van der Waals surface area contributed by atoms with E-state index in [4.69, 9.17) is 23.7 Å². The third-order valence-corrected chi connectivity index (χ3v) is 12.5. The van der Waals surface area contributed by atoms with Crippen LogP contribution in [0.5, 0.6) is 0 Å². The fourth-order valence-corrected chi connectivity index (χ4v) is 8.98. The second-order valence-electron chi connectivity index (χ2n) is 17.9. The quantitative estimate of drug-likeness (QED) is 0.0538. The van der Waals surface area contributed by atoms with Gasteiger partial charge in [0.25, 0.3) is 0 Å². The largest absolute Gasteiger partial charge is 0.455 e. The molecule has 0 saturated heterocycles. The molecule has 2 N–H and O–H groups in total. The van der Waals surface area contributed by atoms with Crippen molar-refractivity contribution in [1.29, 1.82) is 0 Å². The highest BCUT2D eigenvalue weighted by Crippen LogP contribution is 2.46. The van der Waals surface area contributed by atoms with E-state index in [-0.39, 0.29) is 25.0 Å². The molecule has 2 aliphatic carbocycles. The number of alkyl carbamates (subject to hydrolysis) is 2. The summed E-state index contributed by atoms with van der Waals surface area (Å²) in [6, 6.07) is 45.1. The standard InChI is InChI=1S/C56H52N2O11/c1-55(2,35-19-7-5-8-20-35)68-49(59)31-47(57-53(63)65-33-45-41-27-15-11-23-37(41)38-24-12-16-28-42(38)45)51(61)67-52(62)48(32-50(60)69-56(3,4)36-21-9-6-10-22-36)58-54(64)66-34-46-43-29-17-13-25-39(43)40-26-14-18-30-44(40)46/h5-30,45-48H,31-34H2,1-4H3,(H,57,63)(H,58,64)/t47-,48-/m0/s1. The minimum atomic E-state index is -1.83. The van der Waals surface area contributed by atoms with Crippen molar-refractivity contribution >= 4 is 36.1 Å². The Morgan fingerprint density at radius 2 is 0.725 bits per heavy atom. The van der Waals surface area contributed by atoms with Crippen LogP contribution in [0.3, 0.4) is 0 Å². The van der Waals surface area contributed by atoms with Gasteiger partial charge in [0, 0.05) is 11.8 Å². The molecule has 0 radical (unpaired) electrons. The average molecular weight is 929 g/mol. The van der Waals surface area contributed by atoms with Crippen molar-refractivity contribution in [3.8, 4) is 22.3 Å². The third kappa shape index (κ3) is 10.9. The highest BCUT2D eigenvalue weighted by Gasteiger charge is 2.38. The van der Waals surface area contributed by atoms with Gasteiger partial charge in [0.15, 0.2) is 0 Å². The van der Waals surface area contributed by atoms with E-state index in [2.05, 4.69) is 10.6 Å². The number of amides is 2. The Bertz CT molecular complexity index is 2590. The molecule has 0 heterocycles. The van der Waals surface area contributed by atoms with E-state index in [1.807, 2.05) is 109 Å². The zero-order valence-electron chi connectivity index (χ0n) is 38.6. The lowest BCUT2D eigenvalue weighted by molar-refractivity contribution is -0.169. The van der Waals surface area contributed by atoms with Gasteiger partial charge in [-0.1, -0.05) is 158 Å². The predicted octanol–water partition coefficient (Wildman–Crippen LogP) is 9.61. The summed E-state index contributed by atoms with van der Waals surface area (Å²) in [5, 5.41) is 4.79. The summed E-state index contributed by atoms with van der Waals surface area (Å²) in [4.78, 5) is 82.6.